The first-order valence-corrected chi connectivity index (χ1v) is 5.62. The largest absolute Gasteiger partial charge is 0.394 e. The van der Waals surface area contributed by atoms with Crippen molar-refractivity contribution in [2.24, 2.45) is 0 Å². The summed E-state index contributed by atoms with van der Waals surface area (Å²) in [5.41, 5.74) is 0.341. The predicted molar refractivity (Wildman–Crippen MR) is 66.6 cm³/mol. The maximum atomic E-state index is 13.7. The van der Waals surface area contributed by atoms with Crippen molar-refractivity contribution < 1.29 is 14.6 Å². The highest BCUT2D eigenvalue weighted by Gasteiger charge is 2.26. The molecule has 0 spiro atoms. The van der Waals surface area contributed by atoms with E-state index in [0.717, 1.165) is 0 Å². The fourth-order valence-electron chi connectivity index (χ4n) is 1.66. The number of hydrogen-bond acceptors (Lipinski definition) is 3. The van der Waals surface area contributed by atoms with Crippen LogP contribution in [-0.2, 0) is 0 Å². The minimum absolute atomic E-state index is 0.0563. The fraction of sp³-hybridized carbons (Fsp3) is 0.538. The van der Waals surface area contributed by atoms with Gasteiger partial charge < -0.3 is 15.1 Å². The molecule has 1 unspecified atom stereocenters. The van der Waals surface area contributed by atoms with Crippen LogP contribution in [0.4, 0.5) is 10.1 Å². The molecular formula is C13H20FNO2. The quantitative estimate of drug-likeness (QED) is 0.848. The van der Waals surface area contributed by atoms with Gasteiger partial charge in [-0.2, -0.15) is 0 Å². The number of benzene rings is 1. The van der Waals surface area contributed by atoms with Crippen molar-refractivity contribution in [2.45, 2.75) is 32.4 Å². The third-order valence-electron chi connectivity index (χ3n) is 3.10. The SMILES string of the molecule is CC(O)c1c(F)cccc1N(C)C(C)(C)CO. The molecule has 4 heteroatoms. The zero-order valence-electron chi connectivity index (χ0n) is 10.7. The first-order chi connectivity index (χ1) is 7.81. The first-order valence-electron chi connectivity index (χ1n) is 5.62. The van der Waals surface area contributed by atoms with Crippen LogP contribution in [0.5, 0.6) is 0 Å². The van der Waals surface area contributed by atoms with Gasteiger partial charge in [-0.15, -0.1) is 0 Å². The Kier molecular flexibility index (Phi) is 4.11. The van der Waals surface area contributed by atoms with E-state index in [1.165, 1.54) is 13.0 Å². The highest BCUT2D eigenvalue weighted by atomic mass is 19.1. The molecule has 0 bridgehead atoms. The third kappa shape index (κ3) is 2.76. The molecule has 2 N–H and O–H groups in total. The molecule has 0 amide bonds. The molecule has 0 aromatic heterocycles. The van der Waals surface area contributed by atoms with Crippen molar-refractivity contribution in [3.8, 4) is 0 Å². The molecule has 0 fully saturated rings. The molecule has 0 aliphatic heterocycles. The van der Waals surface area contributed by atoms with Gasteiger partial charge in [0.2, 0.25) is 0 Å². The van der Waals surface area contributed by atoms with E-state index in [1.54, 1.807) is 24.1 Å². The lowest BCUT2D eigenvalue weighted by atomic mass is 10.00. The summed E-state index contributed by atoms with van der Waals surface area (Å²) in [7, 11) is 1.77. The molecule has 1 aromatic carbocycles. The summed E-state index contributed by atoms with van der Waals surface area (Å²) in [5.74, 6) is -0.432. The number of likely N-dealkylation sites (N-methyl/N-ethyl adjacent to an activating group) is 1. The molecular weight excluding hydrogens is 221 g/mol. The van der Waals surface area contributed by atoms with Gasteiger partial charge in [0.25, 0.3) is 0 Å². The number of hydrogen-bond donors (Lipinski definition) is 2. The van der Waals surface area contributed by atoms with E-state index in [4.69, 9.17) is 0 Å². The zero-order chi connectivity index (χ0) is 13.2. The van der Waals surface area contributed by atoms with Crippen molar-refractivity contribution >= 4 is 5.69 Å². The standard InChI is InChI=1S/C13H20FNO2/c1-9(17)12-10(14)6-5-7-11(12)15(4)13(2,3)8-16/h5-7,9,16-17H,8H2,1-4H3. The Balaban J connectivity index is 3.27. The van der Waals surface area contributed by atoms with Gasteiger partial charge in [-0.05, 0) is 32.9 Å². The number of aliphatic hydroxyl groups is 2. The molecule has 0 saturated carbocycles. The van der Waals surface area contributed by atoms with Crippen LogP contribution in [0.2, 0.25) is 0 Å². The summed E-state index contributed by atoms with van der Waals surface area (Å²) >= 11 is 0. The maximum Gasteiger partial charge on any atom is 0.131 e. The van der Waals surface area contributed by atoms with Gasteiger partial charge in [-0.25, -0.2) is 4.39 Å². The second-order valence-electron chi connectivity index (χ2n) is 4.88. The Bertz CT molecular complexity index is 391. The number of rotatable bonds is 4. The zero-order valence-corrected chi connectivity index (χ0v) is 10.7. The Morgan fingerprint density at radius 2 is 2.00 bits per heavy atom. The van der Waals surface area contributed by atoms with E-state index in [9.17, 15) is 14.6 Å². The number of nitrogens with zero attached hydrogens (tertiary/aromatic N) is 1. The lowest BCUT2D eigenvalue weighted by Gasteiger charge is -2.37. The fourth-order valence-corrected chi connectivity index (χ4v) is 1.66. The lowest BCUT2D eigenvalue weighted by Crippen LogP contribution is -2.45. The molecule has 1 atom stereocenters. The van der Waals surface area contributed by atoms with Gasteiger partial charge in [-0.1, -0.05) is 6.07 Å². The molecule has 96 valence electrons. The van der Waals surface area contributed by atoms with Crippen LogP contribution in [0.1, 0.15) is 32.4 Å². The van der Waals surface area contributed by atoms with Crippen LogP contribution in [0.3, 0.4) is 0 Å². The topological polar surface area (TPSA) is 43.7 Å². The van der Waals surface area contributed by atoms with Crippen LogP contribution in [0.15, 0.2) is 18.2 Å². The van der Waals surface area contributed by atoms with Crippen molar-refractivity contribution in [3.05, 3.63) is 29.6 Å². The molecule has 0 aliphatic carbocycles. The van der Waals surface area contributed by atoms with E-state index in [-0.39, 0.29) is 12.2 Å². The summed E-state index contributed by atoms with van der Waals surface area (Å²) < 4.78 is 13.7. The lowest BCUT2D eigenvalue weighted by molar-refractivity contribution is 0.191. The molecule has 3 nitrogen and oxygen atoms in total. The monoisotopic (exact) mass is 241 g/mol. The Hall–Kier alpha value is -1.13. The third-order valence-corrected chi connectivity index (χ3v) is 3.10. The van der Waals surface area contributed by atoms with Crippen LogP contribution in [0.25, 0.3) is 0 Å². The van der Waals surface area contributed by atoms with Gasteiger partial charge in [0.1, 0.15) is 5.82 Å². The van der Waals surface area contributed by atoms with Gasteiger partial charge in [0.05, 0.1) is 18.2 Å². The van der Waals surface area contributed by atoms with Crippen LogP contribution in [0, 0.1) is 5.82 Å². The second kappa shape index (κ2) is 5.02. The first kappa shape index (κ1) is 13.9. The Labute approximate surface area is 101 Å². The van der Waals surface area contributed by atoms with E-state index >= 15 is 0 Å². The molecule has 0 heterocycles. The van der Waals surface area contributed by atoms with Gasteiger partial charge in [0, 0.05) is 18.3 Å². The minimum atomic E-state index is -0.886. The summed E-state index contributed by atoms with van der Waals surface area (Å²) in [6.07, 6.45) is -0.886. The summed E-state index contributed by atoms with van der Waals surface area (Å²) in [6.45, 7) is 5.18. The molecule has 1 rings (SSSR count). The highest BCUT2D eigenvalue weighted by Crippen LogP contribution is 2.31. The Morgan fingerprint density at radius 1 is 1.41 bits per heavy atom. The normalized spacial score (nSPS) is 13.6. The van der Waals surface area contributed by atoms with Gasteiger partial charge >= 0.3 is 0 Å². The average molecular weight is 241 g/mol. The van der Waals surface area contributed by atoms with Crippen molar-refractivity contribution in [2.75, 3.05) is 18.6 Å². The van der Waals surface area contributed by atoms with Gasteiger partial charge in [-0.3, -0.25) is 0 Å². The van der Waals surface area contributed by atoms with E-state index in [1.807, 2.05) is 13.8 Å². The number of halogens is 1. The predicted octanol–water partition coefficient (Wildman–Crippen LogP) is 2.09. The van der Waals surface area contributed by atoms with Crippen LogP contribution >= 0.6 is 0 Å². The highest BCUT2D eigenvalue weighted by molar-refractivity contribution is 5.56. The Morgan fingerprint density at radius 3 is 2.47 bits per heavy atom. The maximum absolute atomic E-state index is 13.7. The molecule has 1 aromatic rings. The van der Waals surface area contributed by atoms with Crippen molar-refractivity contribution in [1.82, 2.24) is 0 Å². The number of anilines is 1. The van der Waals surface area contributed by atoms with Crippen molar-refractivity contribution in [1.29, 1.82) is 0 Å². The molecule has 0 saturated heterocycles. The van der Waals surface area contributed by atoms with Crippen molar-refractivity contribution in [3.63, 3.8) is 0 Å². The van der Waals surface area contributed by atoms with E-state index < -0.39 is 17.5 Å². The van der Waals surface area contributed by atoms with Gasteiger partial charge in [0.15, 0.2) is 0 Å². The van der Waals surface area contributed by atoms with Crippen LogP contribution in [-0.4, -0.2) is 29.4 Å². The number of aliphatic hydroxyl groups excluding tert-OH is 2. The smallest absolute Gasteiger partial charge is 0.131 e. The van der Waals surface area contributed by atoms with E-state index in [0.29, 0.717) is 5.69 Å². The van der Waals surface area contributed by atoms with Crippen LogP contribution < -0.4 is 4.90 Å². The summed E-state index contributed by atoms with van der Waals surface area (Å²) in [6, 6.07) is 4.66. The summed E-state index contributed by atoms with van der Waals surface area (Å²) in [4.78, 5) is 1.78. The molecule has 0 aliphatic rings. The molecule has 17 heavy (non-hydrogen) atoms. The average Bonchev–Trinajstić information content (AvgIpc) is 2.27. The minimum Gasteiger partial charge on any atom is -0.394 e. The summed E-state index contributed by atoms with van der Waals surface area (Å²) in [5, 5.41) is 19.0. The van der Waals surface area contributed by atoms with E-state index in [2.05, 4.69) is 0 Å². The molecule has 0 radical (unpaired) electrons. The second-order valence-corrected chi connectivity index (χ2v) is 4.88.